The molecule has 0 radical (unpaired) electrons. The van der Waals surface area contributed by atoms with Crippen molar-refractivity contribution < 1.29 is 9.18 Å². The summed E-state index contributed by atoms with van der Waals surface area (Å²) in [6.07, 6.45) is 2.71. The number of guanidine groups is 1. The Balaban J connectivity index is 1.63. The molecule has 1 aliphatic heterocycles. The first-order valence-corrected chi connectivity index (χ1v) is 9.12. The van der Waals surface area contributed by atoms with Crippen LogP contribution < -0.4 is 5.32 Å². The van der Waals surface area contributed by atoms with E-state index >= 15 is 0 Å². The largest absolute Gasteiger partial charge is 0.361 e. The SMILES string of the molecule is CCNC(=NCCc1c[nH]c2cc(F)ccc12)N1CCN(C(C)=O)CC1. The van der Waals surface area contributed by atoms with Crippen LogP contribution in [-0.2, 0) is 11.2 Å². The van der Waals surface area contributed by atoms with Gasteiger partial charge in [0.2, 0.25) is 5.91 Å². The van der Waals surface area contributed by atoms with E-state index in [1.165, 1.54) is 12.1 Å². The number of hydrogen-bond donors (Lipinski definition) is 2. The third-order valence-electron chi connectivity index (χ3n) is 4.73. The van der Waals surface area contributed by atoms with Gasteiger partial charge in [0.1, 0.15) is 5.82 Å². The fourth-order valence-corrected chi connectivity index (χ4v) is 3.31. The van der Waals surface area contributed by atoms with Crippen molar-refractivity contribution >= 4 is 22.8 Å². The summed E-state index contributed by atoms with van der Waals surface area (Å²) >= 11 is 0. The van der Waals surface area contributed by atoms with Crippen molar-refractivity contribution in [2.45, 2.75) is 20.3 Å². The van der Waals surface area contributed by atoms with Crippen molar-refractivity contribution in [1.82, 2.24) is 20.1 Å². The highest BCUT2D eigenvalue weighted by atomic mass is 19.1. The predicted octanol–water partition coefficient (Wildman–Crippen LogP) is 1.98. The van der Waals surface area contributed by atoms with Crippen LogP contribution in [0.3, 0.4) is 0 Å². The second-order valence-corrected chi connectivity index (χ2v) is 6.48. The molecule has 1 fully saturated rings. The maximum absolute atomic E-state index is 13.3. The molecule has 0 spiro atoms. The number of fused-ring (bicyclic) bond motifs is 1. The highest BCUT2D eigenvalue weighted by Gasteiger charge is 2.20. The second kappa shape index (κ2) is 8.21. The van der Waals surface area contributed by atoms with Crippen LogP contribution in [0.4, 0.5) is 4.39 Å². The summed E-state index contributed by atoms with van der Waals surface area (Å²) in [5.74, 6) is 0.784. The van der Waals surface area contributed by atoms with Crippen molar-refractivity contribution in [1.29, 1.82) is 0 Å². The van der Waals surface area contributed by atoms with Gasteiger partial charge in [-0.15, -0.1) is 0 Å². The smallest absolute Gasteiger partial charge is 0.219 e. The Kier molecular flexibility index (Phi) is 5.75. The van der Waals surface area contributed by atoms with Crippen LogP contribution in [0, 0.1) is 5.82 Å². The Hall–Kier alpha value is -2.57. The van der Waals surface area contributed by atoms with E-state index in [0.29, 0.717) is 6.54 Å². The quantitative estimate of drug-likeness (QED) is 0.648. The molecule has 0 atom stereocenters. The number of benzene rings is 1. The molecule has 0 saturated carbocycles. The summed E-state index contributed by atoms with van der Waals surface area (Å²) in [5, 5.41) is 4.38. The van der Waals surface area contributed by atoms with E-state index in [1.807, 2.05) is 17.2 Å². The topological polar surface area (TPSA) is 63.7 Å². The summed E-state index contributed by atoms with van der Waals surface area (Å²) in [6, 6.07) is 4.81. The number of aliphatic imine (C=N–C) groups is 1. The van der Waals surface area contributed by atoms with Crippen molar-refractivity contribution in [2.75, 3.05) is 39.3 Å². The van der Waals surface area contributed by atoms with Crippen molar-refractivity contribution in [2.24, 2.45) is 4.99 Å². The van der Waals surface area contributed by atoms with Gasteiger partial charge in [-0.2, -0.15) is 0 Å². The lowest BCUT2D eigenvalue weighted by molar-refractivity contribution is -0.130. The number of nitrogens with one attached hydrogen (secondary N) is 2. The summed E-state index contributed by atoms with van der Waals surface area (Å²) in [7, 11) is 0. The number of piperazine rings is 1. The third kappa shape index (κ3) is 4.15. The first kappa shape index (κ1) is 18.2. The normalized spacial score (nSPS) is 15.6. The monoisotopic (exact) mass is 359 g/mol. The van der Waals surface area contributed by atoms with Crippen molar-refractivity contribution in [3.05, 3.63) is 35.8 Å². The van der Waals surface area contributed by atoms with Gasteiger partial charge in [-0.25, -0.2) is 4.39 Å². The maximum Gasteiger partial charge on any atom is 0.219 e. The number of H-pyrrole nitrogens is 1. The predicted molar refractivity (Wildman–Crippen MR) is 102 cm³/mol. The molecule has 26 heavy (non-hydrogen) atoms. The Morgan fingerprint density at radius 1 is 1.27 bits per heavy atom. The first-order valence-electron chi connectivity index (χ1n) is 9.12. The van der Waals surface area contributed by atoms with Crippen molar-refractivity contribution in [3.63, 3.8) is 0 Å². The average molecular weight is 359 g/mol. The molecule has 6 nitrogen and oxygen atoms in total. The zero-order valence-electron chi connectivity index (χ0n) is 15.4. The van der Waals surface area contributed by atoms with Gasteiger partial charge in [-0.05, 0) is 37.1 Å². The van der Waals surface area contributed by atoms with Gasteiger partial charge >= 0.3 is 0 Å². The molecule has 7 heteroatoms. The van der Waals surface area contributed by atoms with E-state index in [-0.39, 0.29) is 11.7 Å². The van der Waals surface area contributed by atoms with Gasteiger partial charge < -0.3 is 20.1 Å². The standard InChI is InChI=1S/C19H26FN5O/c1-3-21-19(25-10-8-24(9-11-25)14(2)26)22-7-6-15-13-23-18-12-16(20)4-5-17(15)18/h4-5,12-13,23H,3,6-11H2,1-2H3,(H,21,22). The fourth-order valence-electron chi connectivity index (χ4n) is 3.31. The third-order valence-corrected chi connectivity index (χ3v) is 4.73. The molecule has 0 unspecified atom stereocenters. The number of amides is 1. The fraction of sp³-hybridized carbons (Fsp3) is 0.474. The van der Waals surface area contributed by atoms with Gasteiger partial charge in [-0.3, -0.25) is 9.79 Å². The molecule has 2 heterocycles. The first-order chi connectivity index (χ1) is 12.6. The molecular weight excluding hydrogens is 333 g/mol. The molecule has 0 aliphatic carbocycles. The molecule has 2 aromatic rings. The van der Waals surface area contributed by atoms with Crippen LogP contribution in [0.5, 0.6) is 0 Å². The molecule has 1 aromatic carbocycles. The van der Waals surface area contributed by atoms with E-state index in [4.69, 9.17) is 4.99 Å². The van der Waals surface area contributed by atoms with E-state index in [0.717, 1.165) is 61.6 Å². The molecule has 140 valence electrons. The molecular formula is C19H26FN5O. The lowest BCUT2D eigenvalue weighted by atomic mass is 10.1. The zero-order chi connectivity index (χ0) is 18.5. The van der Waals surface area contributed by atoms with Gasteiger partial charge in [0, 0.05) is 63.3 Å². The van der Waals surface area contributed by atoms with Gasteiger partial charge in [0.05, 0.1) is 0 Å². The zero-order valence-corrected chi connectivity index (χ0v) is 15.4. The minimum atomic E-state index is -0.233. The molecule has 1 amide bonds. The molecule has 1 aliphatic rings. The van der Waals surface area contributed by atoms with Gasteiger partial charge in [0.25, 0.3) is 0 Å². The number of nitrogens with zero attached hydrogens (tertiary/aromatic N) is 3. The lowest BCUT2D eigenvalue weighted by Crippen LogP contribution is -2.53. The van der Waals surface area contributed by atoms with Crippen LogP contribution in [0.1, 0.15) is 19.4 Å². The molecule has 1 aromatic heterocycles. The van der Waals surface area contributed by atoms with E-state index in [2.05, 4.69) is 22.1 Å². The van der Waals surface area contributed by atoms with Gasteiger partial charge in [-0.1, -0.05) is 0 Å². The number of carbonyl (C=O) groups excluding carboxylic acids is 1. The Labute approximate surface area is 153 Å². The number of aromatic nitrogens is 1. The van der Waals surface area contributed by atoms with Crippen LogP contribution in [-0.4, -0.2) is 65.9 Å². The summed E-state index contributed by atoms with van der Waals surface area (Å²) < 4.78 is 13.3. The molecule has 3 rings (SSSR count). The number of halogens is 1. The Morgan fingerprint density at radius 2 is 2.00 bits per heavy atom. The number of rotatable bonds is 4. The highest BCUT2D eigenvalue weighted by molar-refractivity contribution is 5.83. The number of carbonyl (C=O) groups is 1. The van der Waals surface area contributed by atoms with Crippen LogP contribution in [0.25, 0.3) is 10.9 Å². The van der Waals surface area contributed by atoms with Crippen LogP contribution >= 0.6 is 0 Å². The summed E-state index contributed by atoms with van der Waals surface area (Å²) in [6.45, 7) is 8.16. The number of aromatic amines is 1. The lowest BCUT2D eigenvalue weighted by Gasteiger charge is -2.36. The van der Waals surface area contributed by atoms with E-state index < -0.39 is 0 Å². The maximum atomic E-state index is 13.3. The van der Waals surface area contributed by atoms with Crippen LogP contribution in [0.15, 0.2) is 29.4 Å². The van der Waals surface area contributed by atoms with Gasteiger partial charge in [0.15, 0.2) is 5.96 Å². The molecule has 2 N–H and O–H groups in total. The minimum absolute atomic E-state index is 0.127. The summed E-state index contributed by atoms with van der Waals surface area (Å²) in [4.78, 5) is 23.4. The number of hydrogen-bond acceptors (Lipinski definition) is 2. The summed E-state index contributed by atoms with van der Waals surface area (Å²) in [5.41, 5.74) is 1.96. The molecule has 1 saturated heterocycles. The minimum Gasteiger partial charge on any atom is -0.361 e. The van der Waals surface area contributed by atoms with Crippen molar-refractivity contribution in [3.8, 4) is 0 Å². The van der Waals surface area contributed by atoms with Crippen LogP contribution in [0.2, 0.25) is 0 Å². The molecule has 0 bridgehead atoms. The Morgan fingerprint density at radius 3 is 2.69 bits per heavy atom. The second-order valence-electron chi connectivity index (χ2n) is 6.48. The van der Waals surface area contributed by atoms with E-state index in [1.54, 1.807) is 6.92 Å². The van der Waals surface area contributed by atoms with E-state index in [9.17, 15) is 9.18 Å². The highest BCUT2D eigenvalue weighted by Crippen LogP contribution is 2.19. The Bertz CT molecular complexity index is 792. The average Bonchev–Trinajstić information content (AvgIpc) is 3.03.